The number of nitrogens with one attached hydrogen (secondary N) is 1. The highest BCUT2D eigenvalue weighted by atomic mass is 16.4. The summed E-state index contributed by atoms with van der Waals surface area (Å²) in [6, 6.07) is 7.00. The van der Waals surface area contributed by atoms with Crippen molar-refractivity contribution in [2.24, 2.45) is 5.92 Å². The summed E-state index contributed by atoms with van der Waals surface area (Å²) in [5, 5.41) is 8.46. The van der Waals surface area contributed by atoms with E-state index >= 15 is 0 Å². The third-order valence-corrected chi connectivity index (χ3v) is 4.22. The second-order valence-corrected chi connectivity index (χ2v) is 7.21. The van der Waals surface area contributed by atoms with Gasteiger partial charge in [-0.15, -0.1) is 0 Å². The van der Waals surface area contributed by atoms with Crippen molar-refractivity contribution in [3.05, 3.63) is 58.2 Å². The fourth-order valence-electron chi connectivity index (χ4n) is 2.95. The average molecular weight is 368 g/mol. The van der Waals surface area contributed by atoms with Gasteiger partial charge in [0.05, 0.1) is 23.8 Å². The summed E-state index contributed by atoms with van der Waals surface area (Å²) in [7, 11) is 0. The molecule has 0 bridgehead atoms. The molecule has 2 heterocycles. The minimum absolute atomic E-state index is 0.177. The van der Waals surface area contributed by atoms with Crippen molar-refractivity contribution in [2.75, 3.05) is 0 Å². The van der Waals surface area contributed by atoms with Gasteiger partial charge < -0.3 is 9.73 Å². The van der Waals surface area contributed by atoms with Crippen LogP contribution in [-0.4, -0.2) is 26.7 Å². The number of carbonyl (C=O) groups is 1. The van der Waals surface area contributed by atoms with Crippen molar-refractivity contribution >= 4 is 16.7 Å². The number of hydrogen-bond acceptors (Lipinski definition) is 5. The Hall–Kier alpha value is -2.96. The smallest absolute Gasteiger partial charge is 0.289 e. The summed E-state index contributed by atoms with van der Waals surface area (Å²) in [6.07, 6.45) is 2.34. The van der Waals surface area contributed by atoms with Crippen LogP contribution >= 0.6 is 0 Å². The number of aryl methyl sites for hydroxylation is 1. The molecular weight excluding hydrogens is 344 g/mol. The van der Waals surface area contributed by atoms with Crippen LogP contribution in [0, 0.1) is 12.8 Å². The summed E-state index contributed by atoms with van der Waals surface area (Å²) in [5.74, 6) is 0.837. The predicted molar refractivity (Wildman–Crippen MR) is 103 cm³/mol. The Kier molecular flexibility index (Phi) is 5.39. The minimum atomic E-state index is -0.337. The highest BCUT2D eigenvalue weighted by Gasteiger charge is 2.20. The van der Waals surface area contributed by atoms with Gasteiger partial charge in [-0.3, -0.25) is 9.59 Å². The first-order valence-electron chi connectivity index (χ1n) is 9.07. The molecule has 0 radical (unpaired) electrons. The number of hydrogen-bond donors (Lipinski definition) is 1. The fourth-order valence-corrected chi connectivity index (χ4v) is 2.95. The van der Waals surface area contributed by atoms with Gasteiger partial charge in [0.2, 0.25) is 5.76 Å². The van der Waals surface area contributed by atoms with Gasteiger partial charge in [-0.05, 0) is 25.8 Å². The van der Waals surface area contributed by atoms with Gasteiger partial charge in [-0.1, -0.05) is 32.0 Å². The van der Waals surface area contributed by atoms with Crippen LogP contribution in [0.4, 0.5) is 0 Å². The van der Waals surface area contributed by atoms with E-state index in [4.69, 9.17) is 4.42 Å². The Morgan fingerprint density at radius 1 is 1.26 bits per heavy atom. The van der Waals surface area contributed by atoms with Gasteiger partial charge in [0.1, 0.15) is 0 Å². The molecule has 2 aromatic heterocycles. The van der Waals surface area contributed by atoms with Gasteiger partial charge in [0.25, 0.3) is 11.5 Å². The number of fused-ring (bicyclic) bond motifs is 1. The number of aromatic nitrogens is 3. The summed E-state index contributed by atoms with van der Waals surface area (Å²) in [6.45, 7) is 7.97. The van der Waals surface area contributed by atoms with E-state index in [1.165, 1.54) is 4.68 Å². The van der Waals surface area contributed by atoms with E-state index in [-0.39, 0.29) is 29.8 Å². The molecule has 1 atom stereocenters. The van der Waals surface area contributed by atoms with E-state index in [1.54, 1.807) is 19.2 Å². The summed E-state index contributed by atoms with van der Waals surface area (Å²) >= 11 is 0. The molecule has 0 saturated carbocycles. The molecule has 3 rings (SSSR count). The van der Waals surface area contributed by atoms with Crippen molar-refractivity contribution in [3.63, 3.8) is 0 Å². The minimum Gasteiger partial charge on any atom is -0.435 e. The molecule has 0 unspecified atom stereocenters. The molecule has 1 aromatic carbocycles. The molecule has 0 saturated heterocycles. The zero-order chi connectivity index (χ0) is 19.6. The summed E-state index contributed by atoms with van der Waals surface area (Å²) < 4.78 is 6.98. The molecule has 0 spiro atoms. The second-order valence-electron chi connectivity index (χ2n) is 7.21. The normalized spacial score (nSPS) is 12.5. The van der Waals surface area contributed by atoms with Crippen LogP contribution in [-0.2, 0) is 13.0 Å². The van der Waals surface area contributed by atoms with E-state index in [1.807, 2.05) is 25.1 Å². The number of nitrogens with zero attached hydrogens (tertiary/aromatic N) is 3. The molecule has 142 valence electrons. The maximum Gasteiger partial charge on any atom is 0.289 e. The van der Waals surface area contributed by atoms with Gasteiger partial charge >= 0.3 is 0 Å². The zero-order valence-electron chi connectivity index (χ0n) is 16.0. The van der Waals surface area contributed by atoms with Crippen molar-refractivity contribution in [2.45, 2.75) is 46.7 Å². The van der Waals surface area contributed by atoms with E-state index < -0.39 is 0 Å². The SMILES string of the molecule is Cc1nc(CC(C)C)oc1C(=O)N[C@H](C)Cn1ncc2ccccc2c1=O. The Balaban J connectivity index is 1.72. The number of carbonyl (C=O) groups excluding carboxylic acids is 1. The predicted octanol–water partition coefficient (Wildman–Crippen LogP) is 2.71. The molecule has 3 aromatic rings. The van der Waals surface area contributed by atoms with Crippen LogP contribution < -0.4 is 10.9 Å². The Morgan fingerprint density at radius 3 is 2.74 bits per heavy atom. The van der Waals surface area contributed by atoms with Gasteiger partial charge in [-0.25, -0.2) is 9.67 Å². The molecule has 1 N–H and O–H groups in total. The van der Waals surface area contributed by atoms with E-state index in [0.717, 1.165) is 5.39 Å². The molecule has 0 fully saturated rings. The molecule has 0 aliphatic carbocycles. The highest BCUT2D eigenvalue weighted by Crippen LogP contribution is 2.14. The molecule has 27 heavy (non-hydrogen) atoms. The Labute approximate surface area is 157 Å². The van der Waals surface area contributed by atoms with Crippen molar-refractivity contribution in [1.29, 1.82) is 0 Å². The lowest BCUT2D eigenvalue weighted by Crippen LogP contribution is -2.39. The largest absolute Gasteiger partial charge is 0.435 e. The number of benzene rings is 1. The maximum atomic E-state index is 12.5. The summed E-state index contributed by atoms with van der Waals surface area (Å²) in [4.78, 5) is 29.4. The van der Waals surface area contributed by atoms with Crippen LogP contribution in [0.3, 0.4) is 0 Å². The first kappa shape index (κ1) is 18.8. The lowest BCUT2D eigenvalue weighted by atomic mass is 10.1. The van der Waals surface area contributed by atoms with Crippen molar-refractivity contribution in [3.8, 4) is 0 Å². The van der Waals surface area contributed by atoms with Crippen molar-refractivity contribution < 1.29 is 9.21 Å². The zero-order valence-corrected chi connectivity index (χ0v) is 16.0. The molecule has 7 nitrogen and oxygen atoms in total. The lowest BCUT2D eigenvalue weighted by molar-refractivity contribution is 0.0904. The first-order valence-corrected chi connectivity index (χ1v) is 9.07. The molecule has 1 amide bonds. The standard InChI is InChI=1S/C20H24N4O3/c1-12(2)9-17-23-14(4)18(27-17)19(25)22-13(3)11-24-20(26)16-8-6-5-7-15(16)10-21-24/h5-8,10,12-13H,9,11H2,1-4H3,(H,22,25)/t13-/m1/s1. The van der Waals surface area contributed by atoms with Gasteiger partial charge in [-0.2, -0.15) is 5.10 Å². The number of amides is 1. The van der Waals surface area contributed by atoms with Crippen LogP contribution in [0.2, 0.25) is 0 Å². The number of rotatable bonds is 6. The summed E-state index contributed by atoms with van der Waals surface area (Å²) in [5.41, 5.74) is 0.389. The van der Waals surface area contributed by atoms with Crippen LogP contribution in [0.25, 0.3) is 10.8 Å². The molecule has 0 aliphatic rings. The fraction of sp³-hybridized carbons (Fsp3) is 0.400. The van der Waals surface area contributed by atoms with E-state index in [2.05, 4.69) is 29.2 Å². The van der Waals surface area contributed by atoms with E-state index in [0.29, 0.717) is 29.3 Å². The highest BCUT2D eigenvalue weighted by molar-refractivity contribution is 5.92. The van der Waals surface area contributed by atoms with Crippen LogP contribution in [0.5, 0.6) is 0 Å². The second kappa shape index (κ2) is 7.73. The monoisotopic (exact) mass is 368 g/mol. The quantitative estimate of drug-likeness (QED) is 0.722. The third-order valence-electron chi connectivity index (χ3n) is 4.22. The first-order chi connectivity index (χ1) is 12.8. The molecule has 0 aliphatic heterocycles. The van der Waals surface area contributed by atoms with E-state index in [9.17, 15) is 9.59 Å². The van der Waals surface area contributed by atoms with Gasteiger partial charge in [0, 0.05) is 17.8 Å². The topological polar surface area (TPSA) is 90.0 Å². The van der Waals surface area contributed by atoms with Crippen molar-refractivity contribution in [1.82, 2.24) is 20.1 Å². The molecular formula is C20H24N4O3. The average Bonchev–Trinajstić information content (AvgIpc) is 2.97. The lowest BCUT2D eigenvalue weighted by Gasteiger charge is -2.14. The third kappa shape index (κ3) is 4.24. The Bertz CT molecular complexity index is 1020. The number of oxazole rings is 1. The Morgan fingerprint density at radius 2 is 2.00 bits per heavy atom. The maximum absolute atomic E-state index is 12.5. The molecule has 7 heteroatoms. The van der Waals surface area contributed by atoms with Gasteiger partial charge in [0.15, 0.2) is 5.89 Å². The van der Waals surface area contributed by atoms with Crippen LogP contribution in [0.15, 0.2) is 39.7 Å². The van der Waals surface area contributed by atoms with Crippen LogP contribution in [0.1, 0.15) is 42.9 Å².